The second kappa shape index (κ2) is 6.89. The largest absolute Gasteiger partial charge is 0.462 e. The van der Waals surface area contributed by atoms with E-state index in [0.29, 0.717) is 29.3 Å². The van der Waals surface area contributed by atoms with E-state index in [0.717, 1.165) is 0 Å². The van der Waals surface area contributed by atoms with Crippen molar-refractivity contribution in [1.82, 2.24) is 4.98 Å². The summed E-state index contributed by atoms with van der Waals surface area (Å²) in [6.07, 6.45) is 4.01. The van der Waals surface area contributed by atoms with Crippen LogP contribution >= 0.6 is 0 Å². The van der Waals surface area contributed by atoms with Crippen molar-refractivity contribution in [1.29, 1.82) is 0 Å². The van der Waals surface area contributed by atoms with Gasteiger partial charge in [-0.2, -0.15) is 0 Å². The number of aromatic nitrogens is 1. The number of quaternary nitrogens is 1. The first-order valence-corrected chi connectivity index (χ1v) is 6.56. The maximum Gasteiger partial charge on any atom is 0.345 e. The van der Waals surface area contributed by atoms with Crippen LogP contribution < -0.4 is 16.8 Å². The molecule has 1 aromatic heterocycles. The zero-order chi connectivity index (χ0) is 15.2. The van der Waals surface area contributed by atoms with Crippen molar-refractivity contribution >= 4 is 17.8 Å². The molecule has 0 saturated carbocycles. The van der Waals surface area contributed by atoms with E-state index in [9.17, 15) is 4.79 Å². The lowest BCUT2D eigenvalue weighted by molar-refractivity contribution is -0.536. The Morgan fingerprint density at radius 1 is 1.43 bits per heavy atom. The van der Waals surface area contributed by atoms with Gasteiger partial charge in [-0.3, -0.25) is 10.3 Å². The quantitative estimate of drug-likeness (QED) is 0.489. The molecule has 0 unspecified atom stereocenters. The molecule has 0 amide bonds. The van der Waals surface area contributed by atoms with Crippen LogP contribution in [-0.4, -0.2) is 29.9 Å². The van der Waals surface area contributed by atoms with Crippen molar-refractivity contribution < 1.29 is 14.8 Å². The Kier molecular flexibility index (Phi) is 4.94. The van der Waals surface area contributed by atoms with Crippen molar-refractivity contribution in [3.05, 3.63) is 47.7 Å². The Morgan fingerprint density at radius 3 is 2.76 bits per heavy atom. The molecule has 1 aliphatic rings. The molecule has 1 aliphatic heterocycles. The average molecular weight is 288 g/mol. The molecular weight excluding hydrogens is 270 g/mol. The SMILES string of the molecule is CCOC(=O)C1=C[NH2+]/C(=C(/c2ccccn2)C(N)N)N=C1. The fourth-order valence-corrected chi connectivity index (χ4v) is 1.88. The first kappa shape index (κ1) is 15.0. The molecule has 0 aliphatic carbocycles. The van der Waals surface area contributed by atoms with Gasteiger partial charge in [0.25, 0.3) is 0 Å². The van der Waals surface area contributed by atoms with Gasteiger partial charge in [-0.05, 0) is 19.1 Å². The molecular formula is C14H18N5O2+. The van der Waals surface area contributed by atoms with Crippen molar-refractivity contribution in [2.24, 2.45) is 16.5 Å². The van der Waals surface area contributed by atoms with Gasteiger partial charge in [-0.25, -0.2) is 9.79 Å². The van der Waals surface area contributed by atoms with Crippen molar-refractivity contribution in [2.45, 2.75) is 13.1 Å². The minimum atomic E-state index is -0.721. The molecule has 6 N–H and O–H groups in total. The number of rotatable bonds is 4. The molecule has 7 nitrogen and oxygen atoms in total. The number of aliphatic imine (C=N–C) groups is 1. The summed E-state index contributed by atoms with van der Waals surface area (Å²) < 4.78 is 4.91. The molecule has 0 aromatic carbocycles. The third-order valence-corrected chi connectivity index (χ3v) is 2.82. The standard InChI is InChI=1S/C14H17N5O2/c1-2-21-14(20)9-7-18-13(19-8-9)11(12(15)16)10-5-3-4-6-17-10/h3-8,12,18H,2,15-16H2,1H3/p+1/b13-11+. The van der Waals surface area contributed by atoms with E-state index in [1.807, 2.05) is 12.1 Å². The molecule has 2 rings (SSSR count). The summed E-state index contributed by atoms with van der Waals surface area (Å²) in [4.78, 5) is 20.1. The molecule has 0 radical (unpaired) electrons. The summed E-state index contributed by atoms with van der Waals surface area (Å²) >= 11 is 0. The topological polar surface area (TPSA) is 120 Å². The van der Waals surface area contributed by atoms with Crippen LogP contribution in [0.5, 0.6) is 0 Å². The van der Waals surface area contributed by atoms with Crippen LogP contribution in [-0.2, 0) is 9.53 Å². The molecule has 7 heteroatoms. The van der Waals surface area contributed by atoms with Crippen molar-refractivity contribution in [3.8, 4) is 0 Å². The summed E-state index contributed by atoms with van der Waals surface area (Å²) in [6, 6.07) is 5.46. The zero-order valence-corrected chi connectivity index (χ0v) is 11.7. The predicted molar refractivity (Wildman–Crippen MR) is 78.5 cm³/mol. The minimum absolute atomic E-state index is 0.319. The first-order chi connectivity index (χ1) is 10.1. The molecule has 21 heavy (non-hydrogen) atoms. The Morgan fingerprint density at radius 2 is 2.24 bits per heavy atom. The third-order valence-electron chi connectivity index (χ3n) is 2.82. The molecule has 2 heterocycles. The number of ether oxygens (including phenoxy) is 1. The Labute approximate surface area is 122 Å². The van der Waals surface area contributed by atoms with Crippen LogP contribution in [0.15, 0.2) is 47.0 Å². The Hall–Kier alpha value is -2.35. The zero-order valence-electron chi connectivity index (χ0n) is 11.7. The normalized spacial score (nSPS) is 16.7. The van der Waals surface area contributed by atoms with Crippen LogP contribution in [0.2, 0.25) is 0 Å². The number of carbonyl (C=O) groups excluding carboxylic acids is 1. The van der Waals surface area contributed by atoms with Gasteiger partial charge in [-0.15, -0.1) is 0 Å². The van der Waals surface area contributed by atoms with Crippen LogP contribution in [0.4, 0.5) is 0 Å². The number of esters is 1. The molecule has 0 bridgehead atoms. The van der Waals surface area contributed by atoms with Crippen molar-refractivity contribution in [2.75, 3.05) is 6.61 Å². The van der Waals surface area contributed by atoms with Gasteiger partial charge in [0.05, 0.1) is 30.3 Å². The lowest BCUT2D eigenvalue weighted by Crippen LogP contribution is -2.77. The molecule has 1 aromatic rings. The monoisotopic (exact) mass is 288 g/mol. The van der Waals surface area contributed by atoms with Gasteiger partial charge in [0.1, 0.15) is 11.8 Å². The lowest BCUT2D eigenvalue weighted by Gasteiger charge is -2.13. The molecule has 0 atom stereocenters. The number of hydrogen-bond acceptors (Lipinski definition) is 6. The third kappa shape index (κ3) is 3.60. The van der Waals surface area contributed by atoms with Gasteiger partial charge in [-0.1, -0.05) is 6.07 Å². The van der Waals surface area contributed by atoms with E-state index in [2.05, 4.69) is 9.98 Å². The van der Waals surface area contributed by atoms with Gasteiger partial charge in [0.2, 0.25) is 5.82 Å². The summed E-state index contributed by atoms with van der Waals surface area (Å²) in [7, 11) is 0. The Balaban J connectivity index is 2.29. The fraction of sp³-hybridized carbons (Fsp3) is 0.214. The number of hydrogen-bond donors (Lipinski definition) is 3. The smallest absolute Gasteiger partial charge is 0.345 e. The van der Waals surface area contributed by atoms with E-state index >= 15 is 0 Å². The molecule has 110 valence electrons. The number of nitrogens with two attached hydrogens (primary N) is 3. The van der Waals surface area contributed by atoms with E-state index in [-0.39, 0.29) is 0 Å². The number of nitrogens with zero attached hydrogens (tertiary/aromatic N) is 2. The van der Waals surface area contributed by atoms with Crippen LogP contribution in [0, 0.1) is 0 Å². The summed E-state index contributed by atoms with van der Waals surface area (Å²) in [6.45, 7) is 2.07. The highest BCUT2D eigenvalue weighted by Gasteiger charge is 2.22. The van der Waals surface area contributed by atoms with Gasteiger partial charge in [0, 0.05) is 6.20 Å². The summed E-state index contributed by atoms with van der Waals surface area (Å²) in [5.74, 6) is 0.171. The van der Waals surface area contributed by atoms with Gasteiger partial charge >= 0.3 is 5.97 Å². The highest BCUT2D eigenvalue weighted by atomic mass is 16.5. The van der Waals surface area contributed by atoms with Crippen LogP contribution in [0.25, 0.3) is 5.57 Å². The van der Waals surface area contributed by atoms with E-state index in [4.69, 9.17) is 16.2 Å². The average Bonchev–Trinajstić information content (AvgIpc) is 2.49. The Bertz CT molecular complexity index is 605. The second-order valence-corrected chi connectivity index (χ2v) is 4.31. The van der Waals surface area contributed by atoms with E-state index < -0.39 is 12.1 Å². The van der Waals surface area contributed by atoms with Gasteiger partial charge < -0.3 is 16.2 Å². The number of pyridine rings is 1. The predicted octanol–water partition coefficient (Wildman–Crippen LogP) is -0.911. The fourth-order valence-electron chi connectivity index (χ4n) is 1.88. The first-order valence-electron chi connectivity index (χ1n) is 6.56. The lowest BCUT2D eigenvalue weighted by atomic mass is 10.1. The van der Waals surface area contributed by atoms with E-state index in [1.54, 1.807) is 30.7 Å². The number of carbonyl (C=O) groups is 1. The highest BCUT2D eigenvalue weighted by Crippen LogP contribution is 2.16. The highest BCUT2D eigenvalue weighted by molar-refractivity contribution is 6.09. The molecule has 0 fully saturated rings. The minimum Gasteiger partial charge on any atom is -0.462 e. The van der Waals surface area contributed by atoms with Crippen LogP contribution in [0.3, 0.4) is 0 Å². The second-order valence-electron chi connectivity index (χ2n) is 4.31. The summed E-state index contributed by atoms with van der Waals surface area (Å²) in [5, 5.41) is 1.68. The van der Waals surface area contributed by atoms with Gasteiger partial charge in [0.15, 0.2) is 0 Å². The maximum absolute atomic E-state index is 11.6. The van der Waals surface area contributed by atoms with E-state index in [1.165, 1.54) is 6.21 Å². The molecule has 0 spiro atoms. The molecule has 0 saturated heterocycles. The van der Waals surface area contributed by atoms with Crippen LogP contribution in [0.1, 0.15) is 12.6 Å². The maximum atomic E-state index is 11.6. The summed E-state index contributed by atoms with van der Waals surface area (Å²) in [5.41, 5.74) is 13.3. The van der Waals surface area contributed by atoms with Crippen molar-refractivity contribution in [3.63, 3.8) is 0 Å².